The monoisotopic (exact) mass is 442 g/mol. The highest BCUT2D eigenvalue weighted by Crippen LogP contribution is 2.24. The predicted molar refractivity (Wildman–Crippen MR) is 116 cm³/mol. The van der Waals surface area contributed by atoms with Crippen molar-refractivity contribution in [2.45, 2.75) is 19.4 Å². The molecule has 168 valence electrons. The number of aromatic nitrogens is 3. The van der Waals surface area contributed by atoms with E-state index in [2.05, 4.69) is 20.7 Å². The van der Waals surface area contributed by atoms with Gasteiger partial charge in [-0.25, -0.2) is 13.5 Å². The average molecular weight is 442 g/mol. The van der Waals surface area contributed by atoms with Gasteiger partial charge in [0.15, 0.2) is 0 Å². The van der Waals surface area contributed by atoms with Crippen LogP contribution in [0.2, 0.25) is 0 Å². The number of carbonyl (C=O) groups is 1. The maximum Gasteiger partial charge on any atom is 0.246 e. The topological polar surface area (TPSA) is 84.3 Å². The molecule has 1 fully saturated rings. The molecule has 2 aromatic carbocycles. The van der Waals surface area contributed by atoms with Gasteiger partial charge in [0.2, 0.25) is 11.9 Å². The number of hydrogen-bond acceptors (Lipinski definition) is 6. The minimum Gasteiger partial charge on any atom is -0.383 e. The van der Waals surface area contributed by atoms with Gasteiger partial charge in [0.05, 0.1) is 18.3 Å². The van der Waals surface area contributed by atoms with Crippen LogP contribution in [0.4, 0.5) is 26.1 Å². The number of ether oxygens (including phenoxy) is 1. The number of amides is 1. The standard InChI is InChI=1S/C22H24F2N6O2/c1-14-5-17(26-19-11-21(31)29(12-19)3-4-32-2)10-18(6-14)27-22-25-13-30(28-22)20-8-15(23)7-16(24)9-20/h5-10,13,19,26H,3-4,11-12H2,1-2H3,(H,27,28). The lowest BCUT2D eigenvalue weighted by Gasteiger charge is -2.18. The Hall–Kier alpha value is -3.53. The first-order valence-electron chi connectivity index (χ1n) is 10.2. The molecule has 1 saturated heterocycles. The van der Waals surface area contributed by atoms with Crippen molar-refractivity contribution in [1.82, 2.24) is 19.7 Å². The average Bonchev–Trinajstić information content (AvgIpc) is 3.31. The maximum atomic E-state index is 13.5. The lowest BCUT2D eigenvalue weighted by atomic mass is 10.1. The third-order valence-electron chi connectivity index (χ3n) is 5.09. The van der Waals surface area contributed by atoms with E-state index in [1.165, 1.54) is 23.1 Å². The highest BCUT2D eigenvalue weighted by molar-refractivity contribution is 5.80. The van der Waals surface area contributed by atoms with Crippen LogP contribution in [0.3, 0.4) is 0 Å². The van der Waals surface area contributed by atoms with Gasteiger partial charge in [-0.15, -0.1) is 5.10 Å². The smallest absolute Gasteiger partial charge is 0.246 e. The molecule has 1 amide bonds. The molecule has 10 heteroatoms. The van der Waals surface area contributed by atoms with Crippen LogP contribution >= 0.6 is 0 Å². The Morgan fingerprint density at radius 3 is 2.62 bits per heavy atom. The Kier molecular flexibility index (Phi) is 6.31. The van der Waals surface area contributed by atoms with E-state index in [1.54, 1.807) is 12.0 Å². The Balaban J connectivity index is 1.45. The number of nitrogens with zero attached hydrogens (tertiary/aromatic N) is 4. The van der Waals surface area contributed by atoms with Crippen molar-refractivity contribution in [3.8, 4) is 5.69 Å². The molecule has 2 heterocycles. The normalized spacial score (nSPS) is 15.9. The summed E-state index contributed by atoms with van der Waals surface area (Å²) in [6.07, 6.45) is 1.81. The molecule has 1 atom stereocenters. The van der Waals surface area contributed by atoms with E-state index in [-0.39, 0.29) is 23.6 Å². The van der Waals surface area contributed by atoms with Crippen LogP contribution in [0.25, 0.3) is 5.69 Å². The number of nitrogens with one attached hydrogen (secondary N) is 2. The molecule has 0 aliphatic carbocycles. The van der Waals surface area contributed by atoms with E-state index >= 15 is 0 Å². The highest BCUT2D eigenvalue weighted by atomic mass is 19.1. The number of hydrogen-bond donors (Lipinski definition) is 2. The highest BCUT2D eigenvalue weighted by Gasteiger charge is 2.29. The van der Waals surface area contributed by atoms with Crippen molar-refractivity contribution < 1.29 is 18.3 Å². The number of carbonyl (C=O) groups excluding carboxylic acids is 1. The molecule has 0 radical (unpaired) electrons. The molecule has 4 rings (SSSR count). The molecule has 1 aliphatic rings. The third-order valence-corrected chi connectivity index (χ3v) is 5.09. The number of rotatable bonds is 8. The molecule has 32 heavy (non-hydrogen) atoms. The Labute approximate surface area is 184 Å². The fourth-order valence-corrected chi connectivity index (χ4v) is 3.71. The van der Waals surface area contributed by atoms with Crippen molar-refractivity contribution in [3.63, 3.8) is 0 Å². The van der Waals surface area contributed by atoms with Gasteiger partial charge in [-0.1, -0.05) is 0 Å². The Bertz CT molecular complexity index is 1100. The SMILES string of the molecule is COCCN1CC(Nc2cc(C)cc(Nc3ncn(-c4cc(F)cc(F)c4)n3)c2)CC1=O. The molecule has 1 aliphatic heterocycles. The van der Waals surface area contributed by atoms with Gasteiger partial charge in [0, 0.05) is 44.1 Å². The number of aryl methyl sites for hydroxylation is 1. The fraction of sp³-hybridized carbons (Fsp3) is 0.318. The van der Waals surface area contributed by atoms with E-state index in [9.17, 15) is 13.6 Å². The minimum absolute atomic E-state index is 0.00853. The molecule has 1 aromatic heterocycles. The summed E-state index contributed by atoms with van der Waals surface area (Å²) in [6.45, 7) is 3.67. The lowest BCUT2D eigenvalue weighted by molar-refractivity contribution is -0.128. The molecule has 0 spiro atoms. The van der Waals surface area contributed by atoms with Crippen molar-refractivity contribution in [3.05, 3.63) is 59.9 Å². The van der Waals surface area contributed by atoms with Crippen molar-refractivity contribution in [1.29, 1.82) is 0 Å². The first-order chi connectivity index (χ1) is 15.4. The summed E-state index contributed by atoms with van der Waals surface area (Å²) in [6, 6.07) is 8.99. The number of likely N-dealkylation sites (tertiary alicyclic amines) is 1. The zero-order valence-electron chi connectivity index (χ0n) is 17.8. The Morgan fingerprint density at radius 1 is 1.12 bits per heavy atom. The van der Waals surface area contributed by atoms with Gasteiger partial charge in [-0.2, -0.15) is 4.98 Å². The van der Waals surface area contributed by atoms with Crippen LogP contribution in [0.1, 0.15) is 12.0 Å². The van der Waals surface area contributed by atoms with E-state index in [1.807, 2.05) is 25.1 Å². The Morgan fingerprint density at radius 2 is 1.88 bits per heavy atom. The minimum atomic E-state index is -0.689. The maximum absolute atomic E-state index is 13.5. The lowest BCUT2D eigenvalue weighted by Crippen LogP contribution is -2.30. The van der Waals surface area contributed by atoms with Crippen LogP contribution in [0.5, 0.6) is 0 Å². The van der Waals surface area contributed by atoms with Crippen LogP contribution in [-0.2, 0) is 9.53 Å². The summed E-state index contributed by atoms with van der Waals surface area (Å²) in [5.74, 6) is -0.988. The van der Waals surface area contributed by atoms with Gasteiger partial charge in [-0.3, -0.25) is 4.79 Å². The molecule has 0 bridgehead atoms. The van der Waals surface area contributed by atoms with Crippen molar-refractivity contribution >= 4 is 23.2 Å². The fourth-order valence-electron chi connectivity index (χ4n) is 3.71. The van der Waals surface area contributed by atoms with Gasteiger partial charge in [0.25, 0.3) is 0 Å². The summed E-state index contributed by atoms with van der Waals surface area (Å²) in [5.41, 5.74) is 2.85. The molecule has 8 nitrogen and oxygen atoms in total. The predicted octanol–water partition coefficient (Wildman–Crippen LogP) is 3.26. The van der Waals surface area contributed by atoms with E-state index in [0.717, 1.165) is 23.0 Å². The van der Waals surface area contributed by atoms with Crippen molar-refractivity contribution in [2.75, 3.05) is 37.4 Å². The second-order valence-corrected chi connectivity index (χ2v) is 7.73. The first kappa shape index (κ1) is 21.7. The number of methoxy groups -OCH3 is 1. The molecule has 3 aromatic rings. The molecular weight excluding hydrogens is 418 g/mol. The summed E-state index contributed by atoms with van der Waals surface area (Å²) < 4.78 is 33.3. The van der Waals surface area contributed by atoms with E-state index < -0.39 is 11.6 Å². The number of benzene rings is 2. The van der Waals surface area contributed by atoms with Gasteiger partial charge >= 0.3 is 0 Å². The second kappa shape index (κ2) is 9.31. The zero-order chi connectivity index (χ0) is 22.7. The van der Waals surface area contributed by atoms with Crippen LogP contribution < -0.4 is 10.6 Å². The quantitative estimate of drug-likeness (QED) is 0.557. The van der Waals surface area contributed by atoms with Gasteiger partial charge in [-0.05, 0) is 42.8 Å². The van der Waals surface area contributed by atoms with E-state index in [4.69, 9.17) is 4.74 Å². The summed E-state index contributed by atoms with van der Waals surface area (Å²) in [7, 11) is 1.62. The molecule has 2 N–H and O–H groups in total. The van der Waals surface area contributed by atoms with Gasteiger partial charge in [0.1, 0.15) is 18.0 Å². The van der Waals surface area contributed by atoms with Crippen LogP contribution in [0.15, 0.2) is 42.7 Å². The van der Waals surface area contributed by atoms with Crippen LogP contribution in [-0.4, -0.2) is 58.4 Å². The largest absolute Gasteiger partial charge is 0.383 e. The number of halogens is 2. The van der Waals surface area contributed by atoms with Gasteiger partial charge < -0.3 is 20.3 Å². The summed E-state index contributed by atoms with van der Waals surface area (Å²) in [4.78, 5) is 18.1. The summed E-state index contributed by atoms with van der Waals surface area (Å²) >= 11 is 0. The third kappa shape index (κ3) is 5.20. The summed E-state index contributed by atoms with van der Waals surface area (Å²) in [5, 5.41) is 10.8. The number of anilines is 3. The van der Waals surface area contributed by atoms with Crippen LogP contribution in [0, 0.1) is 18.6 Å². The molecule has 0 saturated carbocycles. The first-order valence-corrected chi connectivity index (χ1v) is 10.2. The molecular formula is C22H24F2N6O2. The van der Waals surface area contributed by atoms with Crippen molar-refractivity contribution in [2.24, 2.45) is 0 Å². The molecule has 1 unspecified atom stereocenters. The zero-order valence-corrected chi connectivity index (χ0v) is 17.8. The van der Waals surface area contributed by atoms with E-state index in [0.29, 0.717) is 26.1 Å². The second-order valence-electron chi connectivity index (χ2n) is 7.73.